The van der Waals surface area contributed by atoms with Gasteiger partial charge in [-0.3, -0.25) is 29.5 Å². The lowest BCUT2D eigenvalue weighted by molar-refractivity contribution is -0.147. The van der Waals surface area contributed by atoms with Gasteiger partial charge in [0.2, 0.25) is 11.8 Å². The minimum absolute atomic E-state index is 0.0517. The number of rotatable bonds is 10. The molecule has 1 saturated heterocycles. The van der Waals surface area contributed by atoms with Crippen LogP contribution in [0.5, 0.6) is 0 Å². The Labute approximate surface area is 178 Å². The maximum Gasteiger partial charge on any atom is 0.308 e. The summed E-state index contributed by atoms with van der Waals surface area (Å²) < 4.78 is 5.13. The van der Waals surface area contributed by atoms with Gasteiger partial charge in [-0.1, -0.05) is 44.2 Å². The van der Waals surface area contributed by atoms with Gasteiger partial charge in [0.25, 0.3) is 0 Å². The molecule has 1 heterocycles. The smallest absolute Gasteiger partial charge is 0.308 e. The number of aliphatic hydroxyl groups excluding tert-OH is 1. The molecule has 2 amide bonds. The second kappa shape index (κ2) is 10.7. The fourth-order valence-electron chi connectivity index (χ4n) is 3.37. The summed E-state index contributed by atoms with van der Waals surface area (Å²) in [5.74, 6) is -0.876. The minimum atomic E-state index is -0.985. The number of aliphatic hydroxyl groups is 1. The maximum atomic E-state index is 12.9. The molecule has 2 rings (SSSR count). The highest BCUT2D eigenvalue weighted by Gasteiger charge is 2.41. The summed E-state index contributed by atoms with van der Waals surface area (Å²) in [5.41, 5.74) is 0.205. The quantitative estimate of drug-likeness (QED) is 0.549. The number of ether oxygens (including phenoxy) is 1. The number of hydrogen-bond donors (Lipinski definition) is 2. The van der Waals surface area contributed by atoms with Gasteiger partial charge in [-0.05, 0) is 25.3 Å². The summed E-state index contributed by atoms with van der Waals surface area (Å²) in [4.78, 5) is 40.0. The first-order valence-electron chi connectivity index (χ1n) is 10.3. The highest BCUT2D eigenvalue weighted by Crippen LogP contribution is 2.18. The van der Waals surface area contributed by atoms with Crippen LogP contribution in [0.1, 0.15) is 39.7 Å². The van der Waals surface area contributed by atoms with Gasteiger partial charge >= 0.3 is 5.97 Å². The van der Waals surface area contributed by atoms with Crippen LogP contribution in [0.3, 0.4) is 0 Å². The van der Waals surface area contributed by atoms with Crippen LogP contribution in [-0.4, -0.2) is 70.7 Å². The van der Waals surface area contributed by atoms with E-state index in [4.69, 9.17) is 4.74 Å². The molecule has 0 aliphatic carbocycles. The molecule has 1 aromatic carbocycles. The van der Waals surface area contributed by atoms with Crippen molar-refractivity contribution in [1.82, 2.24) is 15.1 Å². The first-order chi connectivity index (χ1) is 14.1. The topological polar surface area (TPSA) is 99.2 Å². The molecule has 1 atom stereocenters. The molecule has 1 aromatic rings. The van der Waals surface area contributed by atoms with Gasteiger partial charge in [0.1, 0.15) is 0 Å². The van der Waals surface area contributed by atoms with Crippen molar-refractivity contribution in [2.24, 2.45) is 5.92 Å². The zero-order valence-electron chi connectivity index (χ0n) is 18.3. The number of carbonyl (C=O) groups excluding carboxylic acids is 3. The Hall–Kier alpha value is -2.29. The van der Waals surface area contributed by atoms with Crippen molar-refractivity contribution in [3.63, 3.8) is 0 Å². The van der Waals surface area contributed by atoms with Gasteiger partial charge < -0.3 is 9.84 Å². The van der Waals surface area contributed by atoms with Crippen molar-refractivity contribution >= 4 is 17.8 Å². The van der Waals surface area contributed by atoms with Crippen LogP contribution in [-0.2, 0) is 25.7 Å². The number of amides is 2. The Morgan fingerprint density at radius 3 is 2.50 bits per heavy atom. The molecule has 0 radical (unpaired) electrons. The maximum absolute atomic E-state index is 12.9. The van der Waals surface area contributed by atoms with Gasteiger partial charge in [-0.25, -0.2) is 0 Å². The zero-order chi connectivity index (χ0) is 22.3. The second-order valence-corrected chi connectivity index (χ2v) is 8.63. The van der Waals surface area contributed by atoms with E-state index in [1.54, 1.807) is 18.7 Å². The first-order valence-corrected chi connectivity index (χ1v) is 10.3. The SMILES string of the molecule is CC(C)COC(=O)CC(O)CN(CC(=O)N1C(=O)CNC1(C)C)Cc1ccccc1. The number of hydrogen-bond acceptors (Lipinski definition) is 7. The minimum Gasteiger partial charge on any atom is -0.465 e. The van der Waals surface area contributed by atoms with Crippen LogP contribution < -0.4 is 5.32 Å². The van der Waals surface area contributed by atoms with Crippen molar-refractivity contribution < 1.29 is 24.2 Å². The van der Waals surface area contributed by atoms with Crippen LogP contribution in [0.4, 0.5) is 0 Å². The van der Waals surface area contributed by atoms with E-state index in [9.17, 15) is 19.5 Å². The van der Waals surface area contributed by atoms with Crippen LogP contribution in [0.2, 0.25) is 0 Å². The van der Waals surface area contributed by atoms with E-state index >= 15 is 0 Å². The third-order valence-electron chi connectivity index (χ3n) is 4.79. The fraction of sp³-hybridized carbons (Fsp3) is 0.591. The van der Waals surface area contributed by atoms with Crippen molar-refractivity contribution in [1.29, 1.82) is 0 Å². The molecule has 0 spiro atoms. The van der Waals surface area contributed by atoms with Crippen molar-refractivity contribution in [2.45, 2.75) is 52.4 Å². The number of nitrogens with one attached hydrogen (secondary N) is 1. The van der Waals surface area contributed by atoms with Gasteiger partial charge in [-0.2, -0.15) is 0 Å². The summed E-state index contributed by atoms with van der Waals surface area (Å²) in [6, 6.07) is 9.54. The van der Waals surface area contributed by atoms with Gasteiger partial charge in [-0.15, -0.1) is 0 Å². The molecule has 8 heteroatoms. The van der Waals surface area contributed by atoms with Crippen molar-refractivity contribution in [3.8, 4) is 0 Å². The predicted octanol–water partition coefficient (Wildman–Crippen LogP) is 1.13. The van der Waals surface area contributed by atoms with Crippen LogP contribution in [0, 0.1) is 5.92 Å². The van der Waals surface area contributed by atoms with Gasteiger partial charge in [0.05, 0.1) is 37.9 Å². The molecular weight excluding hydrogens is 386 g/mol. The van der Waals surface area contributed by atoms with E-state index in [1.807, 2.05) is 44.2 Å². The molecule has 0 aromatic heterocycles. The van der Waals surface area contributed by atoms with E-state index < -0.39 is 17.7 Å². The number of imide groups is 1. The highest BCUT2D eigenvalue weighted by molar-refractivity contribution is 5.99. The van der Waals surface area contributed by atoms with Gasteiger partial charge in [0.15, 0.2) is 0 Å². The summed E-state index contributed by atoms with van der Waals surface area (Å²) >= 11 is 0. The molecule has 8 nitrogen and oxygen atoms in total. The molecule has 2 N–H and O–H groups in total. The summed E-state index contributed by atoms with van der Waals surface area (Å²) in [6.07, 6.45) is -1.14. The lowest BCUT2D eigenvalue weighted by Gasteiger charge is -2.32. The summed E-state index contributed by atoms with van der Waals surface area (Å²) in [6.45, 7) is 8.30. The van der Waals surface area contributed by atoms with Crippen molar-refractivity contribution in [2.75, 3.05) is 26.2 Å². The Balaban J connectivity index is 2.04. The largest absolute Gasteiger partial charge is 0.465 e. The van der Waals surface area contributed by atoms with Crippen molar-refractivity contribution in [3.05, 3.63) is 35.9 Å². The Bertz CT molecular complexity index is 736. The molecule has 30 heavy (non-hydrogen) atoms. The summed E-state index contributed by atoms with van der Waals surface area (Å²) in [5, 5.41) is 13.4. The molecular formula is C22H33N3O5. The number of nitrogens with zero attached hydrogens (tertiary/aromatic N) is 2. The van der Waals surface area contributed by atoms with E-state index in [-0.39, 0.29) is 43.8 Å². The van der Waals surface area contributed by atoms with Gasteiger partial charge in [0, 0.05) is 13.1 Å². The zero-order valence-corrected chi connectivity index (χ0v) is 18.3. The first kappa shape index (κ1) is 24.0. The lowest BCUT2D eigenvalue weighted by atomic mass is 10.1. The van der Waals surface area contributed by atoms with E-state index in [0.717, 1.165) is 5.56 Å². The molecule has 1 aliphatic heterocycles. The number of carbonyl (C=O) groups is 3. The van der Waals surface area contributed by atoms with E-state index in [2.05, 4.69) is 5.32 Å². The predicted molar refractivity (Wildman–Crippen MR) is 112 cm³/mol. The number of benzene rings is 1. The average molecular weight is 420 g/mol. The van der Waals surface area contributed by atoms with Crippen LogP contribution in [0.15, 0.2) is 30.3 Å². The Kier molecular flexibility index (Phi) is 8.52. The van der Waals surface area contributed by atoms with Crippen LogP contribution >= 0.6 is 0 Å². The third kappa shape index (κ3) is 7.19. The Morgan fingerprint density at radius 1 is 1.27 bits per heavy atom. The molecule has 1 aliphatic rings. The standard InChI is InChI=1S/C22H33N3O5/c1-16(2)15-30-21(29)10-18(26)13-24(12-17-8-6-5-7-9-17)14-20(28)25-19(27)11-23-22(25,3)4/h5-9,16,18,23,26H,10-15H2,1-4H3. The fourth-order valence-corrected chi connectivity index (χ4v) is 3.37. The van der Waals surface area contributed by atoms with E-state index in [1.165, 1.54) is 4.90 Å². The second-order valence-electron chi connectivity index (χ2n) is 8.63. The normalized spacial score (nSPS) is 16.9. The third-order valence-corrected chi connectivity index (χ3v) is 4.79. The monoisotopic (exact) mass is 419 g/mol. The summed E-state index contributed by atoms with van der Waals surface area (Å²) in [7, 11) is 0. The molecule has 0 saturated carbocycles. The molecule has 1 fully saturated rings. The highest BCUT2D eigenvalue weighted by atomic mass is 16.5. The Morgan fingerprint density at radius 2 is 1.93 bits per heavy atom. The molecule has 166 valence electrons. The van der Waals surface area contributed by atoms with E-state index in [0.29, 0.717) is 13.2 Å². The molecule has 0 bridgehead atoms. The molecule has 1 unspecified atom stereocenters. The van der Waals surface area contributed by atoms with Crippen LogP contribution in [0.25, 0.3) is 0 Å². The average Bonchev–Trinajstić information content (AvgIpc) is 2.93. The lowest BCUT2D eigenvalue weighted by Crippen LogP contribution is -2.53. The number of esters is 1.